The van der Waals surface area contributed by atoms with E-state index in [9.17, 15) is 9.59 Å². The second kappa shape index (κ2) is 4.48. The van der Waals surface area contributed by atoms with Crippen molar-refractivity contribution in [1.82, 2.24) is 15.1 Å². The van der Waals surface area contributed by atoms with E-state index < -0.39 is 12.0 Å². The topological polar surface area (TPSA) is 86.3 Å². The number of aromatic nitrogens is 2. The quantitative estimate of drug-likeness (QED) is 0.850. The zero-order valence-corrected chi connectivity index (χ0v) is 10.0. The van der Waals surface area contributed by atoms with E-state index in [0.29, 0.717) is 5.56 Å². The molecule has 18 heavy (non-hydrogen) atoms. The summed E-state index contributed by atoms with van der Waals surface area (Å²) >= 11 is 0. The number of H-pyrrole nitrogens is 1. The minimum absolute atomic E-state index is 0.332. The van der Waals surface area contributed by atoms with Crippen molar-refractivity contribution in [3.05, 3.63) is 30.0 Å². The lowest BCUT2D eigenvalue weighted by molar-refractivity contribution is -0.141. The summed E-state index contributed by atoms with van der Waals surface area (Å²) in [6.07, 6.45) is 1.66. The zero-order valence-electron chi connectivity index (χ0n) is 10.0. The predicted octanol–water partition coefficient (Wildman–Crippen LogP) is 1.11. The molecule has 2 rings (SSSR count). The summed E-state index contributed by atoms with van der Waals surface area (Å²) in [6.45, 7) is 1.47. The SMILES string of the molecule is CC(C(=O)O)N(C)C(=O)c1ccc2cn[nH]c2c1. The van der Waals surface area contributed by atoms with Crippen LogP contribution in [0.3, 0.4) is 0 Å². The predicted molar refractivity (Wildman–Crippen MR) is 65.3 cm³/mol. The maximum Gasteiger partial charge on any atom is 0.326 e. The molecule has 0 aliphatic rings. The molecule has 2 aromatic rings. The minimum atomic E-state index is -1.03. The highest BCUT2D eigenvalue weighted by molar-refractivity contribution is 5.99. The van der Waals surface area contributed by atoms with Crippen LogP contribution in [0.4, 0.5) is 0 Å². The van der Waals surface area contributed by atoms with Gasteiger partial charge in [-0.3, -0.25) is 9.89 Å². The van der Waals surface area contributed by atoms with E-state index in [1.54, 1.807) is 24.4 Å². The number of benzene rings is 1. The van der Waals surface area contributed by atoms with Crippen molar-refractivity contribution < 1.29 is 14.7 Å². The normalized spacial score (nSPS) is 12.3. The molecule has 0 bridgehead atoms. The number of amides is 1. The number of rotatable bonds is 3. The van der Waals surface area contributed by atoms with Gasteiger partial charge in [0.15, 0.2) is 0 Å². The summed E-state index contributed by atoms with van der Waals surface area (Å²) in [5.41, 5.74) is 1.18. The Kier molecular flexibility index (Phi) is 3.01. The Morgan fingerprint density at radius 3 is 2.83 bits per heavy atom. The van der Waals surface area contributed by atoms with E-state index in [1.165, 1.54) is 18.9 Å². The van der Waals surface area contributed by atoms with Gasteiger partial charge in [0, 0.05) is 18.0 Å². The van der Waals surface area contributed by atoms with Gasteiger partial charge in [0.2, 0.25) is 0 Å². The smallest absolute Gasteiger partial charge is 0.326 e. The number of carbonyl (C=O) groups is 2. The summed E-state index contributed by atoms with van der Waals surface area (Å²) in [6, 6.07) is 4.22. The fourth-order valence-electron chi connectivity index (χ4n) is 1.62. The van der Waals surface area contributed by atoms with Crippen molar-refractivity contribution in [3.63, 3.8) is 0 Å². The van der Waals surface area contributed by atoms with E-state index in [4.69, 9.17) is 5.11 Å². The van der Waals surface area contributed by atoms with Crippen molar-refractivity contribution in [2.75, 3.05) is 7.05 Å². The van der Waals surface area contributed by atoms with Gasteiger partial charge in [0.05, 0.1) is 11.7 Å². The van der Waals surface area contributed by atoms with Gasteiger partial charge in [-0.05, 0) is 19.1 Å². The largest absolute Gasteiger partial charge is 0.480 e. The minimum Gasteiger partial charge on any atom is -0.480 e. The number of aromatic amines is 1. The molecular weight excluding hydrogens is 234 g/mol. The van der Waals surface area contributed by atoms with Gasteiger partial charge in [-0.25, -0.2) is 4.79 Å². The summed E-state index contributed by atoms with van der Waals surface area (Å²) in [5, 5.41) is 16.4. The lowest BCUT2D eigenvalue weighted by Crippen LogP contribution is -2.40. The molecule has 0 saturated heterocycles. The van der Waals surface area contributed by atoms with Crippen LogP contribution < -0.4 is 0 Å². The van der Waals surface area contributed by atoms with E-state index >= 15 is 0 Å². The first-order chi connectivity index (χ1) is 8.50. The Balaban J connectivity index is 2.30. The molecule has 0 radical (unpaired) electrons. The number of nitrogens with zero attached hydrogens (tertiary/aromatic N) is 2. The van der Waals surface area contributed by atoms with Crippen molar-refractivity contribution >= 4 is 22.8 Å². The Bertz CT molecular complexity index is 605. The second-order valence-corrected chi connectivity index (χ2v) is 4.10. The van der Waals surface area contributed by atoms with Gasteiger partial charge < -0.3 is 10.0 Å². The van der Waals surface area contributed by atoms with Crippen LogP contribution in [0, 0.1) is 0 Å². The van der Waals surface area contributed by atoms with Crippen LogP contribution in [0.1, 0.15) is 17.3 Å². The summed E-state index contributed by atoms with van der Waals surface area (Å²) in [7, 11) is 1.47. The highest BCUT2D eigenvalue weighted by Crippen LogP contribution is 2.14. The molecule has 0 aliphatic heterocycles. The maximum absolute atomic E-state index is 12.1. The van der Waals surface area contributed by atoms with Crippen molar-refractivity contribution in [3.8, 4) is 0 Å². The molecule has 1 unspecified atom stereocenters. The molecular formula is C12H13N3O3. The summed E-state index contributed by atoms with van der Waals surface area (Å²) in [4.78, 5) is 24.1. The van der Waals surface area contributed by atoms with Crippen molar-refractivity contribution in [2.24, 2.45) is 0 Å². The first-order valence-electron chi connectivity index (χ1n) is 5.44. The Morgan fingerprint density at radius 1 is 1.44 bits per heavy atom. The number of aliphatic carboxylic acids is 1. The van der Waals surface area contributed by atoms with Gasteiger partial charge >= 0.3 is 5.97 Å². The van der Waals surface area contributed by atoms with Crippen LogP contribution in [-0.2, 0) is 4.79 Å². The molecule has 1 aromatic carbocycles. The number of likely N-dealkylation sites (N-methyl/N-ethyl adjacent to an activating group) is 1. The molecule has 0 spiro atoms. The zero-order chi connectivity index (χ0) is 13.3. The molecule has 6 nitrogen and oxygen atoms in total. The molecule has 0 fully saturated rings. The van der Waals surface area contributed by atoms with Crippen LogP contribution >= 0.6 is 0 Å². The van der Waals surface area contributed by atoms with Crippen molar-refractivity contribution in [1.29, 1.82) is 0 Å². The number of hydrogen-bond donors (Lipinski definition) is 2. The van der Waals surface area contributed by atoms with Crippen molar-refractivity contribution in [2.45, 2.75) is 13.0 Å². The molecule has 94 valence electrons. The molecule has 1 atom stereocenters. The molecule has 2 N–H and O–H groups in total. The molecule has 1 heterocycles. The molecule has 0 saturated carbocycles. The van der Waals surface area contributed by atoms with E-state index in [1.807, 2.05) is 0 Å². The van der Waals surface area contributed by atoms with Gasteiger partial charge in [0.1, 0.15) is 6.04 Å². The number of fused-ring (bicyclic) bond motifs is 1. The highest BCUT2D eigenvalue weighted by Gasteiger charge is 2.22. The number of carboxylic acids is 1. The van der Waals surface area contributed by atoms with Crippen LogP contribution in [0.25, 0.3) is 10.9 Å². The lowest BCUT2D eigenvalue weighted by atomic mass is 10.1. The van der Waals surface area contributed by atoms with Crippen LogP contribution in [-0.4, -0.2) is 45.2 Å². The van der Waals surface area contributed by atoms with Gasteiger partial charge in [-0.2, -0.15) is 5.10 Å². The van der Waals surface area contributed by atoms with E-state index in [0.717, 1.165) is 10.9 Å². The second-order valence-electron chi connectivity index (χ2n) is 4.10. The molecule has 1 aromatic heterocycles. The Labute approximate surface area is 103 Å². The fourth-order valence-corrected chi connectivity index (χ4v) is 1.62. The monoisotopic (exact) mass is 247 g/mol. The number of hydrogen-bond acceptors (Lipinski definition) is 3. The maximum atomic E-state index is 12.1. The Morgan fingerprint density at radius 2 is 2.17 bits per heavy atom. The third-order valence-electron chi connectivity index (χ3n) is 2.95. The first-order valence-corrected chi connectivity index (χ1v) is 5.44. The third-order valence-corrected chi connectivity index (χ3v) is 2.95. The average Bonchev–Trinajstić information content (AvgIpc) is 2.82. The number of carbonyl (C=O) groups excluding carboxylic acids is 1. The summed E-state index contributed by atoms with van der Waals surface area (Å²) in [5.74, 6) is -1.37. The average molecular weight is 247 g/mol. The number of nitrogens with one attached hydrogen (secondary N) is 1. The fraction of sp³-hybridized carbons (Fsp3) is 0.250. The van der Waals surface area contributed by atoms with Gasteiger partial charge in [0.25, 0.3) is 5.91 Å². The van der Waals surface area contributed by atoms with Gasteiger partial charge in [-0.15, -0.1) is 0 Å². The third kappa shape index (κ3) is 2.04. The van der Waals surface area contributed by atoms with E-state index in [-0.39, 0.29) is 5.91 Å². The van der Waals surface area contributed by atoms with Crippen LogP contribution in [0.5, 0.6) is 0 Å². The first kappa shape index (κ1) is 12.1. The number of carboxylic acid groups (broad SMARTS) is 1. The van der Waals surface area contributed by atoms with Crippen LogP contribution in [0.15, 0.2) is 24.4 Å². The summed E-state index contributed by atoms with van der Waals surface area (Å²) < 4.78 is 0. The van der Waals surface area contributed by atoms with Crippen LogP contribution in [0.2, 0.25) is 0 Å². The molecule has 0 aliphatic carbocycles. The highest BCUT2D eigenvalue weighted by atomic mass is 16.4. The van der Waals surface area contributed by atoms with Gasteiger partial charge in [-0.1, -0.05) is 6.07 Å². The Hall–Kier alpha value is -2.37. The van der Waals surface area contributed by atoms with E-state index in [2.05, 4.69) is 10.2 Å². The standard InChI is InChI=1S/C12H13N3O3/c1-7(12(17)18)15(2)11(16)8-3-4-9-6-13-14-10(9)5-8/h3-7H,1-2H3,(H,13,14)(H,17,18). The molecule has 1 amide bonds. The molecule has 6 heteroatoms. The lowest BCUT2D eigenvalue weighted by Gasteiger charge is -2.21.